The second kappa shape index (κ2) is 7.51. The lowest BCUT2D eigenvalue weighted by atomic mass is 9.89. The summed E-state index contributed by atoms with van der Waals surface area (Å²) in [6.45, 7) is 13.9. The standard InChI is InChI=1S/C15H30N2O2/c1-10(13(4)18)8-11(2)16-14(19)17-12(3)9-15(5,6)7/h10-12H,8-9H2,1-7H3,(H2,16,17,19). The molecule has 0 aliphatic rings. The number of carbonyl (C=O) groups excluding carboxylic acids is 2. The SMILES string of the molecule is CC(=O)C(C)CC(C)NC(=O)NC(C)CC(C)(C)C. The number of nitrogens with one attached hydrogen (secondary N) is 2. The molecule has 0 aliphatic heterocycles. The average Bonchev–Trinajstić information content (AvgIpc) is 2.12. The zero-order chi connectivity index (χ0) is 15.2. The molecule has 0 spiro atoms. The van der Waals surface area contributed by atoms with Gasteiger partial charge < -0.3 is 10.6 Å². The van der Waals surface area contributed by atoms with E-state index in [1.54, 1.807) is 6.92 Å². The Morgan fingerprint density at radius 2 is 1.47 bits per heavy atom. The fourth-order valence-corrected chi connectivity index (χ4v) is 2.21. The van der Waals surface area contributed by atoms with E-state index in [1.807, 2.05) is 20.8 Å². The zero-order valence-corrected chi connectivity index (χ0v) is 13.5. The summed E-state index contributed by atoms with van der Waals surface area (Å²) in [5.74, 6) is 0.150. The van der Waals surface area contributed by atoms with Crippen molar-refractivity contribution in [3.63, 3.8) is 0 Å². The molecular weight excluding hydrogens is 240 g/mol. The summed E-state index contributed by atoms with van der Waals surface area (Å²) in [5, 5.41) is 5.81. The van der Waals surface area contributed by atoms with E-state index in [2.05, 4.69) is 31.4 Å². The highest BCUT2D eigenvalue weighted by Crippen LogP contribution is 2.20. The third kappa shape index (κ3) is 9.51. The summed E-state index contributed by atoms with van der Waals surface area (Å²) >= 11 is 0. The number of carbonyl (C=O) groups is 2. The van der Waals surface area contributed by atoms with Gasteiger partial charge in [-0.3, -0.25) is 4.79 Å². The lowest BCUT2D eigenvalue weighted by Gasteiger charge is -2.25. The van der Waals surface area contributed by atoms with Gasteiger partial charge in [-0.15, -0.1) is 0 Å². The summed E-state index contributed by atoms with van der Waals surface area (Å²) in [5.41, 5.74) is 0.196. The molecule has 0 heterocycles. The minimum atomic E-state index is -0.153. The molecule has 0 aliphatic carbocycles. The predicted molar refractivity (Wildman–Crippen MR) is 79.1 cm³/mol. The number of hydrogen-bond donors (Lipinski definition) is 2. The lowest BCUT2D eigenvalue weighted by molar-refractivity contribution is -0.120. The second-order valence-electron chi connectivity index (χ2n) is 6.93. The van der Waals surface area contributed by atoms with Crippen LogP contribution in [0.1, 0.15) is 61.3 Å². The second-order valence-corrected chi connectivity index (χ2v) is 6.93. The van der Waals surface area contributed by atoms with E-state index in [0.717, 1.165) is 6.42 Å². The van der Waals surface area contributed by atoms with Crippen LogP contribution in [-0.4, -0.2) is 23.9 Å². The van der Waals surface area contributed by atoms with Gasteiger partial charge in [-0.1, -0.05) is 27.7 Å². The third-order valence-electron chi connectivity index (χ3n) is 3.07. The van der Waals surface area contributed by atoms with Crippen LogP contribution in [-0.2, 0) is 4.79 Å². The molecular formula is C15H30N2O2. The summed E-state index contributed by atoms with van der Waals surface area (Å²) in [6.07, 6.45) is 1.61. The highest BCUT2D eigenvalue weighted by Gasteiger charge is 2.18. The highest BCUT2D eigenvalue weighted by atomic mass is 16.2. The Bertz CT molecular complexity index is 308. The van der Waals surface area contributed by atoms with Crippen LogP contribution in [0.15, 0.2) is 0 Å². The van der Waals surface area contributed by atoms with Crippen LogP contribution in [0, 0.1) is 11.3 Å². The van der Waals surface area contributed by atoms with Crippen molar-refractivity contribution >= 4 is 11.8 Å². The molecule has 19 heavy (non-hydrogen) atoms. The molecule has 112 valence electrons. The van der Waals surface area contributed by atoms with Crippen molar-refractivity contribution in [1.82, 2.24) is 10.6 Å². The molecule has 0 aromatic rings. The maximum Gasteiger partial charge on any atom is 0.315 e. The fourth-order valence-electron chi connectivity index (χ4n) is 2.21. The quantitative estimate of drug-likeness (QED) is 0.779. The van der Waals surface area contributed by atoms with Gasteiger partial charge in [0.2, 0.25) is 0 Å². The van der Waals surface area contributed by atoms with Crippen molar-refractivity contribution in [3.05, 3.63) is 0 Å². The van der Waals surface area contributed by atoms with Gasteiger partial charge in [0, 0.05) is 18.0 Å². The Labute approximate surface area is 117 Å². The van der Waals surface area contributed by atoms with E-state index >= 15 is 0 Å². The minimum Gasteiger partial charge on any atom is -0.336 e. The molecule has 3 atom stereocenters. The normalized spacial score (nSPS) is 16.4. The van der Waals surface area contributed by atoms with Crippen molar-refractivity contribution in [2.24, 2.45) is 11.3 Å². The van der Waals surface area contributed by atoms with E-state index < -0.39 is 0 Å². The molecule has 4 nitrogen and oxygen atoms in total. The Balaban J connectivity index is 4.07. The molecule has 0 aromatic carbocycles. The van der Waals surface area contributed by atoms with Crippen LogP contribution in [0.5, 0.6) is 0 Å². The van der Waals surface area contributed by atoms with Gasteiger partial charge in [0.05, 0.1) is 0 Å². The summed E-state index contributed by atoms with van der Waals surface area (Å²) in [4.78, 5) is 23.0. The van der Waals surface area contributed by atoms with E-state index in [1.165, 1.54) is 0 Å². The topological polar surface area (TPSA) is 58.2 Å². The van der Waals surface area contributed by atoms with E-state index in [0.29, 0.717) is 6.42 Å². The fraction of sp³-hybridized carbons (Fsp3) is 0.867. The van der Waals surface area contributed by atoms with Crippen LogP contribution in [0.4, 0.5) is 4.79 Å². The predicted octanol–water partition coefficient (Wildman–Crippen LogP) is 3.11. The molecule has 2 N–H and O–H groups in total. The molecule has 0 rings (SSSR count). The minimum absolute atomic E-state index is 0.000682. The molecule has 3 unspecified atom stereocenters. The summed E-state index contributed by atoms with van der Waals surface area (Å²) < 4.78 is 0. The third-order valence-corrected chi connectivity index (χ3v) is 3.07. The molecule has 0 saturated heterocycles. The smallest absolute Gasteiger partial charge is 0.315 e. The molecule has 0 saturated carbocycles. The van der Waals surface area contributed by atoms with Crippen molar-refractivity contribution in [2.45, 2.75) is 73.4 Å². The Morgan fingerprint density at radius 1 is 1.00 bits per heavy atom. The van der Waals surface area contributed by atoms with Crippen molar-refractivity contribution in [1.29, 1.82) is 0 Å². The Morgan fingerprint density at radius 3 is 1.89 bits per heavy atom. The van der Waals surface area contributed by atoms with Gasteiger partial charge in [0.1, 0.15) is 5.78 Å². The van der Waals surface area contributed by atoms with Gasteiger partial charge in [-0.25, -0.2) is 4.79 Å². The first-order valence-corrected chi connectivity index (χ1v) is 7.08. The Kier molecular flexibility index (Phi) is 7.09. The zero-order valence-electron chi connectivity index (χ0n) is 13.5. The number of urea groups is 1. The molecule has 0 radical (unpaired) electrons. The van der Waals surface area contributed by atoms with Crippen molar-refractivity contribution in [3.8, 4) is 0 Å². The maximum atomic E-state index is 11.8. The van der Waals surface area contributed by atoms with E-state index in [4.69, 9.17) is 0 Å². The van der Waals surface area contributed by atoms with Crippen LogP contribution in [0.2, 0.25) is 0 Å². The molecule has 0 fully saturated rings. The van der Waals surface area contributed by atoms with E-state index in [-0.39, 0.29) is 35.2 Å². The first-order valence-electron chi connectivity index (χ1n) is 7.08. The largest absolute Gasteiger partial charge is 0.336 e. The summed E-state index contributed by atoms with van der Waals surface area (Å²) in [6, 6.07) is -0.0156. The first kappa shape index (κ1) is 17.9. The van der Waals surface area contributed by atoms with Crippen molar-refractivity contribution < 1.29 is 9.59 Å². The average molecular weight is 270 g/mol. The molecule has 0 bridgehead atoms. The maximum absolute atomic E-state index is 11.8. The van der Waals surface area contributed by atoms with E-state index in [9.17, 15) is 9.59 Å². The molecule has 2 amide bonds. The number of ketones is 1. The van der Waals surface area contributed by atoms with Gasteiger partial charge in [0.15, 0.2) is 0 Å². The van der Waals surface area contributed by atoms with Crippen molar-refractivity contribution in [2.75, 3.05) is 0 Å². The molecule has 4 heteroatoms. The van der Waals surface area contributed by atoms with Gasteiger partial charge >= 0.3 is 6.03 Å². The van der Waals surface area contributed by atoms with Crippen LogP contribution in [0.3, 0.4) is 0 Å². The van der Waals surface area contributed by atoms with Gasteiger partial charge in [-0.05, 0) is 39.0 Å². The summed E-state index contributed by atoms with van der Waals surface area (Å²) in [7, 11) is 0. The molecule has 0 aromatic heterocycles. The highest BCUT2D eigenvalue weighted by molar-refractivity contribution is 5.78. The monoisotopic (exact) mass is 270 g/mol. The van der Waals surface area contributed by atoms with Gasteiger partial charge in [0.25, 0.3) is 0 Å². The van der Waals surface area contributed by atoms with Crippen LogP contribution >= 0.6 is 0 Å². The number of rotatable bonds is 6. The van der Waals surface area contributed by atoms with Gasteiger partial charge in [-0.2, -0.15) is 0 Å². The number of Topliss-reactive ketones (excluding diaryl/α,β-unsaturated/α-hetero) is 1. The number of amides is 2. The lowest BCUT2D eigenvalue weighted by Crippen LogP contribution is -2.46. The van der Waals surface area contributed by atoms with Crippen LogP contribution in [0.25, 0.3) is 0 Å². The Hall–Kier alpha value is -1.06. The van der Waals surface area contributed by atoms with Crippen LogP contribution < -0.4 is 10.6 Å². The number of hydrogen-bond acceptors (Lipinski definition) is 2. The first-order chi connectivity index (χ1) is 8.51.